The second-order valence-corrected chi connectivity index (χ2v) is 7.45. The molecule has 156 valence electrons. The molecule has 0 fully saturated rings. The predicted molar refractivity (Wildman–Crippen MR) is 115 cm³/mol. The minimum absolute atomic E-state index is 0.0750. The van der Waals surface area contributed by atoms with Crippen molar-refractivity contribution in [3.8, 4) is 17.6 Å². The molecule has 2 unspecified atom stereocenters. The smallest absolute Gasteiger partial charge is 0.355 e. The second kappa shape index (κ2) is 10.7. The first-order valence-electron chi connectivity index (χ1n) is 9.60. The van der Waals surface area contributed by atoms with Crippen molar-refractivity contribution >= 4 is 23.7 Å². The molecule has 1 heterocycles. The van der Waals surface area contributed by atoms with Crippen LogP contribution in [-0.2, 0) is 25.7 Å². The summed E-state index contributed by atoms with van der Waals surface area (Å²) in [5.74, 6) is 5.80. The number of nitrogens with one attached hydrogen (secondary N) is 1. The van der Waals surface area contributed by atoms with Crippen LogP contribution in [0.15, 0.2) is 59.2 Å². The van der Waals surface area contributed by atoms with Gasteiger partial charge in [0.1, 0.15) is 29.5 Å². The maximum absolute atomic E-state index is 12.4. The maximum atomic E-state index is 12.4. The van der Waals surface area contributed by atoms with Crippen LogP contribution in [0.25, 0.3) is 0 Å². The van der Waals surface area contributed by atoms with Crippen LogP contribution in [-0.4, -0.2) is 30.0 Å². The molecule has 6 nitrogen and oxygen atoms in total. The number of carbonyl (C=O) groups excluding carboxylic acids is 2. The van der Waals surface area contributed by atoms with E-state index >= 15 is 0 Å². The zero-order valence-electron chi connectivity index (χ0n) is 16.8. The molecule has 0 saturated carbocycles. The van der Waals surface area contributed by atoms with Gasteiger partial charge >= 0.3 is 11.9 Å². The van der Waals surface area contributed by atoms with E-state index in [1.54, 1.807) is 29.7 Å². The quantitative estimate of drug-likeness (QED) is 0.407. The van der Waals surface area contributed by atoms with E-state index in [0.29, 0.717) is 24.5 Å². The highest BCUT2D eigenvalue weighted by Crippen LogP contribution is 2.28. The standard InChI is InChI=1S/C23H23NO5S/c1-3-27-19-7-5-4-6-18(10-13-19)22-24-21(15-30-22)23(26)28-14-17-8-11-20(12-9-17)29-16(2)25/h6,8-13,15,19,22,24H,3-4,14H2,1-2H3/b13-10-,18-6+. The lowest BCUT2D eigenvalue weighted by Crippen LogP contribution is -2.27. The van der Waals surface area contributed by atoms with Crippen molar-refractivity contribution in [2.75, 3.05) is 6.61 Å². The van der Waals surface area contributed by atoms with Gasteiger partial charge < -0.3 is 19.5 Å². The third-order valence-electron chi connectivity index (χ3n) is 4.18. The van der Waals surface area contributed by atoms with E-state index in [2.05, 4.69) is 17.2 Å². The molecule has 0 radical (unpaired) electrons. The van der Waals surface area contributed by atoms with Crippen molar-refractivity contribution in [2.24, 2.45) is 0 Å². The summed E-state index contributed by atoms with van der Waals surface area (Å²) in [4.78, 5) is 23.4. The van der Waals surface area contributed by atoms with Crippen LogP contribution >= 0.6 is 11.8 Å². The Bertz CT molecular complexity index is 937. The van der Waals surface area contributed by atoms with E-state index < -0.39 is 5.97 Å². The van der Waals surface area contributed by atoms with Gasteiger partial charge in [0, 0.05) is 25.4 Å². The molecule has 0 aromatic heterocycles. The Morgan fingerprint density at radius 3 is 2.80 bits per heavy atom. The topological polar surface area (TPSA) is 73.9 Å². The number of ether oxygens (including phenoxy) is 3. The molecule has 30 heavy (non-hydrogen) atoms. The summed E-state index contributed by atoms with van der Waals surface area (Å²) in [6.45, 7) is 4.01. The van der Waals surface area contributed by atoms with Crippen LogP contribution in [0.2, 0.25) is 0 Å². The summed E-state index contributed by atoms with van der Waals surface area (Å²) in [7, 11) is 0. The maximum Gasteiger partial charge on any atom is 0.355 e. The van der Waals surface area contributed by atoms with Crippen molar-refractivity contribution in [3.05, 3.63) is 64.7 Å². The molecule has 0 saturated heterocycles. The average Bonchev–Trinajstić information content (AvgIpc) is 3.19. The molecule has 0 amide bonds. The molecule has 0 bridgehead atoms. The summed E-state index contributed by atoms with van der Waals surface area (Å²) >= 11 is 1.51. The molecule has 0 spiro atoms. The SMILES string of the molecule is CCOC1C#CC/C=C(C2NC(C(=O)OCc3ccc(OC(C)=O)cc3)=CS2)\C=C/1. The number of carbonyl (C=O) groups is 2. The van der Waals surface area contributed by atoms with E-state index in [-0.39, 0.29) is 24.1 Å². The molecule has 1 aliphatic heterocycles. The molecule has 7 heteroatoms. The van der Waals surface area contributed by atoms with Gasteiger partial charge in [0.15, 0.2) is 0 Å². The van der Waals surface area contributed by atoms with Gasteiger partial charge in [-0.3, -0.25) is 4.79 Å². The highest BCUT2D eigenvalue weighted by molar-refractivity contribution is 8.03. The minimum atomic E-state index is -0.420. The molecular weight excluding hydrogens is 402 g/mol. The first-order chi connectivity index (χ1) is 14.5. The van der Waals surface area contributed by atoms with Crippen molar-refractivity contribution in [1.82, 2.24) is 5.32 Å². The van der Waals surface area contributed by atoms with Crippen molar-refractivity contribution < 1.29 is 23.8 Å². The number of benzene rings is 1. The van der Waals surface area contributed by atoms with E-state index in [9.17, 15) is 9.59 Å². The zero-order valence-corrected chi connectivity index (χ0v) is 17.7. The van der Waals surface area contributed by atoms with Gasteiger partial charge in [-0.05, 0) is 36.3 Å². The predicted octanol–water partition coefficient (Wildman–Crippen LogP) is 3.45. The van der Waals surface area contributed by atoms with Crippen LogP contribution in [0.3, 0.4) is 0 Å². The fraction of sp³-hybridized carbons (Fsp3) is 0.304. The number of hydrogen-bond acceptors (Lipinski definition) is 7. The van der Waals surface area contributed by atoms with Crippen molar-refractivity contribution in [1.29, 1.82) is 0 Å². The van der Waals surface area contributed by atoms with Crippen LogP contribution in [0.4, 0.5) is 0 Å². The van der Waals surface area contributed by atoms with Gasteiger partial charge in [0.25, 0.3) is 0 Å². The lowest BCUT2D eigenvalue weighted by Gasteiger charge is -2.15. The first kappa shape index (κ1) is 21.8. The Morgan fingerprint density at radius 1 is 1.27 bits per heavy atom. The fourth-order valence-electron chi connectivity index (χ4n) is 2.77. The van der Waals surface area contributed by atoms with Gasteiger partial charge in [-0.25, -0.2) is 4.79 Å². The van der Waals surface area contributed by atoms with Crippen LogP contribution < -0.4 is 10.1 Å². The van der Waals surface area contributed by atoms with Gasteiger partial charge in [-0.15, -0.1) is 11.8 Å². The Hall–Kier alpha value is -2.95. The number of allylic oxidation sites excluding steroid dienone is 1. The van der Waals surface area contributed by atoms with E-state index in [0.717, 1.165) is 11.1 Å². The summed E-state index contributed by atoms with van der Waals surface area (Å²) in [6, 6.07) is 6.82. The van der Waals surface area contributed by atoms with Crippen molar-refractivity contribution in [3.63, 3.8) is 0 Å². The van der Waals surface area contributed by atoms with E-state index in [1.807, 2.05) is 25.2 Å². The number of rotatable bonds is 7. The summed E-state index contributed by atoms with van der Waals surface area (Å²) in [6.07, 6.45) is 6.38. The van der Waals surface area contributed by atoms with E-state index in [1.165, 1.54) is 18.7 Å². The Labute approximate surface area is 180 Å². The minimum Gasteiger partial charge on any atom is -0.456 e. The molecule has 3 rings (SSSR count). The molecule has 1 N–H and O–H groups in total. The number of thioether (sulfide) groups is 1. The first-order valence-corrected chi connectivity index (χ1v) is 10.5. The normalized spacial score (nSPS) is 22.7. The molecular formula is C23H23NO5S. The molecule has 2 aliphatic rings. The molecule has 2 atom stereocenters. The molecule has 1 aromatic carbocycles. The van der Waals surface area contributed by atoms with Crippen LogP contribution in [0, 0.1) is 11.8 Å². The highest BCUT2D eigenvalue weighted by Gasteiger charge is 2.24. The largest absolute Gasteiger partial charge is 0.456 e. The summed E-state index contributed by atoms with van der Waals surface area (Å²) < 4.78 is 15.9. The molecule has 1 aromatic rings. The molecule has 1 aliphatic carbocycles. The lowest BCUT2D eigenvalue weighted by molar-refractivity contribution is -0.140. The lowest BCUT2D eigenvalue weighted by atomic mass is 10.1. The Balaban J connectivity index is 1.51. The monoisotopic (exact) mass is 425 g/mol. The van der Waals surface area contributed by atoms with Gasteiger partial charge in [0.2, 0.25) is 0 Å². The van der Waals surface area contributed by atoms with Gasteiger partial charge in [-0.2, -0.15) is 0 Å². The van der Waals surface area contributed by atoms with Crippen LogP contribution in [0.5, 0.6) is 5.75 Å². The highest BCUT2D eigenvalue weighted by atomic mass is 32.2. The second-order valence-electron chi connectivity index (χ2n) is 6.47. The van der Waals surface area contributed by atoms with Gasteiger partial charge in [-0.1, -0.05) is 36.1 Å². The average molecular weight is 426 g/mol. The zero-order chi connectivity index (χ0) is 21.3. The third kappa shape index (κ3) is 6.28. The summed E-state index contributed by atoms with van der Waals surface area (Å²) in [5.41, 5.74) is 2.26. The van der Waals surface area contributed by atoms with Crippen LogP contribution in [0.1, 0.15) is 25.8 Å². The van der Waals surface area contributed by atoms with E-state index in [4.69, 9.17) is 14.2 Å². The summed E-state index contributed by atoms with van der Waals surface area (Å²) in [5, 5.41) is 4.90. The number of esters is 2. The number of hydrogen-bond donors (Lipinski definition) is 1. The fourth-order valence-corrected chi connectivity index (χ4v) is 3.74. The Morgan fingerprint density at radius 2 is 2.07 bits per heavy atom. The third-order valence-corrected chi connectivity index (χ3v) is 5.21. The van der Waals surface area contributed by atoms with Crippen molar-refractivity contribution in [2.45, 2.75) is 38.4 Å². The van der Waals surface area contributed by atoms with Gasteiger partial charge in [0.05, 0.1) is 0 Å². The Kier molecular flexibility index (Phi) is 7.77.